The molecule has 0 aromatic carbocycles. The van der Waals surface area contributed by atoms with Crippen molar-refractivity contribution in [1.29, 1.82) is 0 Å². The van der Waals surface area contributed by atoms with Crippen LogP contribution in [0.3, 0.4) is 0 Å². The number of urea groups is 1. The van der Waals surface area contributed by atoms with Crippen LogP contribution in [0.5, 0.6) is 0 Å². The van der Waals surface area contributed by atoms with Crippen LogP contribution in [0.2, 0.25) is 0 Å². The fourth-order valence-electron chi connectivity index (χ4n) is 0.558. The molecule has 0 aliphatic heterocycles. The summed E-state index contributed by atoms with van der Waals surface area (Å²) in [5, 5.41) is 15.1. The SMILES string of the molecule is CNC(=O)CNC(=O)NC(C)C(=O)O. The Morgan fingerprint density at radius 1 is 1.36 bits per heavy atom. The van der Waals surface area contributed by atoms with Crippen molar-refractivity contribution < 1.29 is 19.5 Å². The largest absolute Gasteiger partial charge is 0.480 e. The number of hydrogen-bond acceptors (Lipinski definition) is 3. The van der Waals surface area contributed by atoms with Gasteiger partial charge in [0.05, 0.1) is 6.54 Å². The molecule has 0 fully saturated rings. The summed E-state index contributed by atoms with van der Waals surface area (Å²) in [4.78, 5) is 31.9. The van der Waals surface area contributed by atoms with Crippen LogP contribution in [-0.2, 0) is 9.59 Å². The summed E-state index contributed by atoms with van der Waals surface area (Å²) in [7, 11) is 1.43. The van der Waals surface area contributed by atoms with Crippen LogP contribution >= 0.6 is 0 Å². The second kappa shape index (κ2) is 5.79. The Kier molecular flexibility index (Phi) is 5.05. The maximum atomic E-state index is 10.9. The molecular weight excluding hydrogens is 190 g/mol. The van der Waals surface area contributed by atoms with Gasteiger partial charge in [0, 0.05) is 7.05 Å². The third-order valence-corrected chi connectivity index (χ3v) is 1.41. The third kappa shape index (κ3) is 4.96. The molecule has 1 atom stereocenters. The quantitative estimate of drug-likeness (QED) is 0.446. The number of carboxylic acids is 1. The Balaban J connectivity index is 3.76. The Labute approximate surface area is 80.9 Å². The second-order valence-electron chi connectivity index (χ2n) is 2.56. The van der Waals surface area contributed by atoms with Crippen LogP contribution in [0.4, 0.5) is 4.79 Å². The van der Waals surface area contributed by atoms with Crippen molar-refractivity contribution in [3.05, 3.63) is 0 Å². The van der Waals surface area contributed by atoms with E-state index in [9.17, 15) is 14.4 Å². The predicted octanol–water partition coefficient (Wildman–Crippen LogP) is -1.50. The van der Waals surface area contributed by atoms with Gasteiger partial charge in [0.25, 0.3) is 0 Å². The number of amides is 3. The minimum Gasteiger partial charge on any atom is -0.480 e. The fourth-order valence-corrected chi connectivity index (χ4v) is 0.558. The van der Waals surface area contributed by atoms with Gasteiger partial charge in [-0.2, -0.15) is 0 Å². The molecular formula is C7H13N3O4. The zero-order valence-corrected chi connectivity index (χ0v) is 7.96. The molecule has 0 aliphatic rings. The molecule has 0 saturated carbocycles. The van der Waals surface area contributed by atoms with Gasteiger partial charge < -0.3 is 21.1 Å². The third-order valence-electron chi connectivity index (χ3n) is 1.41. The van der Waals surface area contributed by atoms with Crippen molar-refractivity contribution in [3.8, 4) is 0 Å². The lowest BCUT2D eigenvalue weighted by Crippen LogP contribution is -2.46. The molecule has 4 N–H and O–H groups in total. The first-order valence-corrected chi connectivity index (χ1v) is 3.95. The van der Waals surface area contributed by atoms with E-state index in [0.29, 0.717) is 0 Å². The van der Waals surface area contributed by atoms with Gasteiger partial charge in [-0.05, 0) is 6.92 Å². The fraction of sp³-hybridized carbons (Fsp3) is 0.571. The highest BCUT2D eigenvalue weighted by Gasteiger charge is 2.13. The molecule has 0 aliphatic carbocycles. The first kappa shape index (κ1) is 12.2. The number of rotatable bonds is 4. The van der Waals surface area contributed by atoms with Gasteiger partial charge in [-0.1, -0.05) is 0 Å². The maximum Gasteiger partial charge on any atom is 0.325 e. The molecule has 0 rings (SSSR count). The lowest BCUT2D eigenvalue weighted by molar-refractivity contribution is -0.138. The Bertz CT molecular complexity index is 241. The Morgan fingerprint density at radius 2 is 1.93 bits per heavy atom. The average Bonchev–Trinajstić information content (AvgIpc) is 2.13. The van der Waals surface area contributed by atoms with E-state index in [1.54, 1.807) is 0 Å². The summed E-state index contributed by atoms with van der Waals surface area (Å²) in [5.41, 5.74) is 0. The molecule has 0 aromatic rings. The van der Waals surface area contributed by atoms with E-state index in [-0.39, 0.29) is 12.5 Å². The van der Waals surface area contributed by atoms with Gasteiger partial charge in [0.2, 0.25) is 5.91 Å². The van der Waals surface area contributed by atoms with Crippen molar-refractivity contribution in [2.24, 2.45) is 0 Å². The maximum absolute atomic E-state index is 10.9. The molecule has 0 saturated heterocycles. The summed E-state index contributed by atoms with van der Waals surface area (Å²) in [6.45, 7) is 1.14. The summed E-state index contributed by atoms with van der Waals surface area (Å²) in [6.07, 6.45) is 0. The molecule has 1 unspecified atom stereocenters. The molecule has 0 spiro atoms. The normalized spacial score (nSPS) is 11.3. The van der Waals surface area contributed by atoms with E-state index >= 15 is 0 Å². The molecule has 3 amide bonds. The van der Waals surface area contributed by atoms with Crippen LogP contribution in [0.1, 0.15) is 6.92 Å². The molecule has 0 radical (unpaired) electrons. The van der Waals surface area contributed by atoms with Gasteiger partial charge in [-0.3, -0.25) is 9.59 Å². The topological polar surface area (TPSA) is 108 Å². The van der Waals surface area contributed by atoms with Gasteiger partial charge in [-0.15, -0.1) is 0 Å². The Morgan fingerprint density at radius 3 is 2.36 bits per heavy atom. The molecule has 0 aromatic heterocycles. The van der Waals surface area contributed by atoms with E-state index < -0.39 is 18.0 Å². The lowest BCUT2D eigenvalue weighted by atomic mass is 10.3. The molecule has 14 heavy (non-hydrogen) atoms. The Hall–Kier alpha value is -1.79. The smallest absolute Gasteiger partial charge is 0.325 e. The van der Waals surface area contributed by atoms with Gasteiger partial charge in [-0.25, -0.2) is 4.79 Å². The van der Waals surface area contributed by atoms with Gasteiger partial charge >= 0.3 is 12.0 Å². The van der Waals surface area contributed by atoms with Crippen LogP contribution in [0, 0.1) is 0 Å². The van der Waals surface area contributed by atoms with Crippen molar-refractivity contribution in [3.63, 3.8) is 0 Å². The molecule has 7 nitrogen and oxygen atoms in total. The van der Waals surface area contributed by atoms with Crippen molar-refractivity contribution in [1.82, 2.24) is 16.0 Å². The summed E-state index contributed by atoms with van der Waals surface area (Å²) >= 11 is 0. The van der Waals surface area contributed by atoms with E-state index in [0.717, 1.165) is 0 Å². The minimum absolute atomic E-state index is 0.186. The minimum atomic E-state index is -1.14. The number of carbonyl (C=O) groups is 3. The summed E-state index contributed by atoms with van der Waals surface area (Å²) in [5.74, 6) is -1.50. The average molecular weight is 203 g/mol. The number of hydrogen-bond donors (Lipinski definition) is 4. The van der Waals surface area contributed by atoms with E-state index in [2.05, 4.69) is 16.0 Å². The lowest BCUT2D eigenvalue weighted by Gasteiger charge is -2.09. The van der Waals surface area contributed by atoms with Crippen LogP contribution in [0.15, 0.2) is 0 Å². The zero-order chi connectivity index (χ0) is 11.1. The number of carboxylic acid groups (broad SMARTS) is 1. The van der Waals surface area contributed by atoms with Crippen molar-refractivity contribution in [2.45, 2.75) is 13.0 Å². The highest BCUT2D eigenvalue weighted by Crippen LogP contribution is 1.80. The molecule has 0 heterocycles. The predicted molar refractivity (Wildman–Crippen MR) is 47.7 cm³/mol. The number of nitrogens with one attached hydrogen (secondary N) is 3. The molecule has 0 bridgehead atoms. The van der Waals surface area contributed by atoms with Gasteiger partial charge in [0.1, 0.15) is 6.04 Å². The first-order valence-electron chi connectivity index (χ1n) is 3.95. The highest BCUT2D eigenvalue weighted by molar-refractivity contribution is 5.86. The van der Waals surface area contributed by atoms with Crippen molar-refractivity contribution >= 4 is 17.9 Å². The standard InChI is InChI=1S/C7H13N3O4/c1-4(6(12)13)10-7(14)9-3-5(11)8-2/h4H,3H2,1-2H3,(H,8,11)(H,12,13)(H2,9,10,14). The number of carbonyl (C=O) groups excluding carboxylic acids is 2. The second-order valence-corrected chi connectivity index (χ2v) is 2.56. The number of likely N-dealkylation sites (N-methyl/N-ethyl adjacent to an activating group) is 1. The monoisotopic (exact) mass is 203 g/mol. The first-order chi connectivity index (χ1) is 6.47. The molecule has 7 heteroatoms. The van der Waals surface area contributed by atoms with E-state index in [4.69, 9.17) is 5.11 Å². The van der Waals surface area contributed by atoms with Crippen molar-refractivity contribution in [2.75, 3.05) is 13.6 Å². The van der Waals surface area contributed by atoms with Crippen LogP contribution in [-0.4, -0.2) is 42.6 Å². The number of aliphatic carboxylic acids is 1. The summed E-state index contributed by atoms with van der Waals surface area (Å²) in [6, 6.07) is -1.68. The molecule has 80 valence electrons. The highest BCUT2D eigenvalue weighted by atomic mass is 16.4. The van der Waals surface area contributed by atoms with Crippen LogP contribution < -0.4 is 16.0 Å². The van der Waals surface area contributed by atoms with E-state index in [1.165, 1.54) is 14.0 Å². The van der Waals surface area contributed by atoms with Crippen LogP contribution in [0.25, 0.3) is 0 Å². The van der Waals surface area contributed by atoms with Gasteiger partial charge in [0.15, 0.2) is 0 Å². The zero-order valence-electron chi connectivity index (χ0n) is 7.96. The summed E-state index contributed by atoms with van der Waals surface area (Å²) < 4.78 is 0. The van der Waals surface area contributed by atoms with E-state index in [1.807, 2.05) is 0 Å².